The Hall–Kier alpha value is -0.160. The van der Waals surface area contributed by atoms with Crippen molar-refractivity contribution < 1.29 is 0 Å². The Morgan fingerprint density at radius 2 is 2.35 bits per heavy atom. The average Bonchev–Trinajstić information content (AvgIpc) is 2.79. The van der Waals surface area contributed by atoms with Gasteiger partial charge in [-0.15, -0.1) is 0 Å². The second-order valence-electron chi connectivity index (χ2n) is 5.02. The lowest BCUT2D eigenvalue weighted by Crippen LogP contribution is -2.35. The van der Waals surface area contributed by atoms with Crippen LogP contribution in [0.25, 0.3) is 0 Å². The van der Waals surface area contributed by atoms with Crippen LogP contribution in [0.5, 0.6) is 0 Å². The molecule has 0 saturated carbocycles. The van der Waals surface area contributed by atoms with Crippen LogP contribution in [0.3, 0.4) is 0 Å². The number of rotatable bonds is 4. The Bertz CT molecular complexity index is 351. The third kappa shape index (κ3) is 3.41. The van der Waals surface area contributed by atoms with Crippen LogP contribution in [0.1, 0.15) is 44.9 Å². The second kappa shape index (κ2) is 6.14. The predicted molar refractivity (Wildman–Crippen MR) is 77.3 cm³/mol. The minimum absolute atomic E-state index is 0.433. The van der Waals surface area contributed by atoms with Gasteiger partial charge in [0.05, 0.1) is 0 Å². The van der Waals surface area contributed by atoms with Crippen LogP contribution in [0.15, 0.2) is 0 Å². The third-order valence-corrected chi connectivity index (χ3v) is 4.50. The predicted octanol–water partition coefficient (Wildman–Crippen LogP) is 3.66. The van der Waals surface area contributed by atoms with Gasteiger partial charge in [-0.3, -0.25) is 0 Å². The topological polar surface area (TPSA) is 29.0 Å². The van der Waals surface area contributed by atoms with E-state index in [4.69, 9.17) is 0 Å². The van der Waals surface area contributed by atoms with Crippen LogP contribution in [-0.4, -0.2) is 27.8 Å². The second-order valence-corrected chi connectivity index (χ2v) is 6.55. The lowest BCUT2D eigenvalue weighted by atomic mass is 9.96. The summed E-state index contributed by atoms with van der Waals surface area (Å²) in [6, 6.07) is 0. The van der Waals surface area contributed by atoms with Gasteiger partial charge in [0.2, 0.25) is 5.13 Å². The number of hydrogen-bond acceptors (Lipinski definition) is 4. The van der Waals surface area contributed by atoms with Gasteiger partial charge >= 0.3 is 0 Å². The molecule has 1 aliphatic heterocycles. The average molecular weight is 318 g/mol. The van der Waals surface area contributed by atoms with Gasteiger partial charge < -0.3 is 4.90 Å². The first kappa shape index (κ1) is 13.3. The zero-order valence-corrected chi connectivity index (χ0v) is 12.9. The minimum atomic E-state index is 0.433. The highest BCUT2D eigenvalue weighted by molar-refractivity contribution is 9.09. The van der Waals surface area contributed by atoms with Crippen molar-refractivity contribution in [3.05, 3.63) is 5.82 Å². The molecule has 0 radical (unpaired) electrons. The zero-order valence-electron chi connectivity index (χ0n) is 10.5. The van der Waals surface area contributed by atoms with Crippen molar-refractivity contribution in [2.75, 3.05) is 23.3 Å². The largest absolute Gasteiger partial charge is 0.347 e. The van der Waals surface area contributed by atoms with E-state index in [-0.39, 0.29) is 0 Å². The molecule has 1 saturated heterocycles. The summed E-state index contributed by atoms with van der Waals surface area (Å²) in [4.78, 5) is 7.07. The van der Waals surface area contributed by atoms with Gasteiger partial charge in [0.1, 0.15) is 5.82 Å². The van der Waals surface area contributed by atoms with E-state index in [1.807, 2.05) is 0 Å². The summed E-state index contributed by atoms with van der Waals surface area (Å²) in [7, 11) is 0. The summed E-state index contributed by atoms with van der Waals surface area (Å²) in [5, 5.41) is 2.23. The van der Waals surface area contributed by atoms with E-state index in [2.05, 4.69) is 44.0 Å². The quantitative estimate of drug-likeness (QED) is 0.793. The molecule has 0 N–H and O–H groups in total. The molecule has 0 bridgehead atoms. The molecule has 17 heavy (non-hydrogen) atoms. The Morgan fingerprint density at radius 1 is 1.53 bits per heavy atom. The maximum Gasteiger partial charge on any atom is 0.205 e. The van der Waals surface area contributed by atoms with Crippen molar-refractivity contribution >= 4 is 32.6 Å². The highest BCUT2D eigenvalue weighted by Gasteiger charge is 2.22. The molecule has 3 nitrogen and oxygen atoms in total. The molecule has 5 heteroatoms. The summed E-state index contributed by atoms with van der Waals surface area (Å²) in [5.74, 6) is 2.24. The monoisotopic (exact) mass is 317 g/mol. The maximum absolute atomic E-state index is 4.65. The van der Waals surface area contributed by atoms with E-state index in [0.29, 0.717) is 5.92 Å². The van der Waals surface area contributed by atoms with Crippen molar-refractivity contribution in [2.24, 2.45) is 5.92 Å². The Kier molecular flexibility index (Phi) is 4.79. The number of nitrogens with zero attached hydrogens (tertiary/aromatic N) is 3. The van der Waals surface area contributed by atoms with Crippen molar-refractivity contribution in [3.8, 4) is 0 Å². The fourth-order valence-electron chi connectivity index (χ4n) is 2.22. The van der Waals surface area contributed by atoms with Crippen LogP contribution in [-0.2, 0) is 0 Å². The van der Waals surface area contributed by atoms with Crippen LogP contribution >= 0.6 is 27.5 Å². The number of halogens is 1. The van der Waals surface area contributed by atoms with Gasteiger partial charge in [-0.1, -0.05) is 29.8 Å². The van der Waals surface area contributed by atoms with E-state index >= 15 is 0 Å². The molecule has 1 aromatic heterocycles. The summed E-state index contributed by atoms with van der Waals surface area (Å²) >= 11 is 5.10. The van der Waals surface area contributed by atoms with E-state index in [9.17, 15) is 0 Å². The molecule has 2 rings (SSSR count). The molecule has 1 atom stereocenters. The third-order valence-electron chi connectivity index (χ3n) is 3.25. The van der Waals surface area contributed by atoms with E-state index in [1.165, 1.54) is 19.3 Å². The fraction of sp³-hybridized carbons (Fsp3) is 0.833. The highest BCUT2D eigenvalue weighted by atomic mass is 79.9. The Labute approximate surface area is 116 Å². The molecular formula is C12H20BrN3S. The molecule has 1 aliphatic rings. The van der Waals surface area contributed by atoms with Crippen LogP contribution < -0.4 is 4.90 Å². The summed E-state index contributed by atoms with van der Waals surface area (Å²) < 4.78 is 4.44. The SMILES string of the molecule is CC(C)c1nsc(N2CCCC(CCBr)C2)n1. The molecule has 0 aliphatic carbocycles. The van der Waals surface area contributed by atoms with E-state index in [1.54, 1.807) is 11.5 Å². The molecule has 0 spiro atoms. The number of aromatic nitrogens is 2. The normalized spacial score (nSPS) is 21.2. The molecule has 1 unspecified atom stereocenters. The van der Waals surface area contributed by atoms with Crippen molar-refractivity contribution in [1.82, 2.24) is 9.36 Å². The van der Waals surface area contributed by atoms with Crippen LogP contribution in [0.2, 0.25) is 0 Å². The number of hydrogen-bond donors (Lipinski definition) is 0. The first-order valence-corrected chi connectivity index (χ1v) is 8.24. The first-order valence-electron chi connectivity index (χ1n) is 6.35. The van der Waals surface area contributed by atoms with Crippen LogP contribution in [0, 0.1) is 5.92 Å². The van der Waals surface area contributed by atoms with Gasteiger partial charge in [0.15, 0.2) is 0 Å². The molecule has 1 aromatic rings. The Morgan fingerprint density at radius 3 is 3.00 bits per heavy atom. The maximum atomic E-state index is 4.65. The van der Waals surface area contributed by atoms with Crippen molar-refractivity contribution in [2.45, 2.75) is 39.0 Å². The molecule has 0 amide bonds. The van der Waals surface area contributed by atoms with E-state index in [0.717, 1.165) is 35.3 Å². The van der Waals surface area contributed by atoms with Crippen molar-refractivity contribution in [1.29, 1.82) is 0 Å². The number of piperidine rings is 1. The molecule has 96 valence electrons. The number of anilines is 1. The van der Waals surface area contributed by atoms with E-state index < -0.39 is 0 Å². The van der Waals surface area contributed by atoms with Gasteiger partial charge in [-0.2, -0.15) is 4.37 Å². The first-order chi connectivity index (χ1) is 8.20. The minimum Gasteiger partial charge on any atom is -0.347 e. The van der Waals surface area contributed by atoms with Gasteiger partial charge in [0.25, 0.3) is 0 Å². The summed E-state index contributed by atoms with van der Waals surface area (Å²) in [6.45, 7) is 6.59. The fourth-order valence-corrected chi connectivity index (χ4v) is 3.71. The van der Waals surface area contributed by atoms with Crippen molar-refractivity contribution in [3.63, 3.8) is 0 Å². The summed E-state index contributed by atoms with van der Waals surface area (Å²) in [6.07, 6.45) is 3.92. The summed E-state index contributed by atoms with van der Waals surface area (Å²) in [5.41, 5.74) is 0. The molecule has 1 fully saturated rings. The molecule has 0 aromatic carbocycles. The van der Waals surface area contributed by atoms with Gasteiger partial charge in [-0.05, 0) is 25.2 Å². The lowest BCUT2D eigenvalue weighted by molar-refractivity contribution is 0.407. The number of alkyl halides is 1. The Balaban J connectivity index is 2.00. The van der Waals surface area contributed by atoms with Gasteiger partial charge in [-0.25, -0.2) is 4.98 Å². The van der Waals surface area contributed by atoms with Gasteiger partial charge in [0, 0.05) is 35.9 Å². The van der Waals surface area contributed by atoms with Crippen LogP contribution in [0.4, 0.5) is 5.13 Å². The highest BCUT2D eigenvalue weighted by Crippen LogP contribution is 2.27. The lowest BCUT2D eigenvalue weighted by Gasteiger charge is -2.31. The standard InChI is InChI=1S/C12H20BrN3S/c1-9(2)11-14-12(17-15-11)16-7-3-4-10(8-16)5-6-13/h9-10H,3-8H2,1-2H3. The molecular weight excluding hydrogens is 298 g/mol. The molecule has 2 heterocycles. The smallest absolute Gasteiger partial charge is 0.205 e. The zero-order chi connectivity index (χ0) is 12.3.